The molecular formula is C14H17ClN2. The van der Waals surface area contributed by atoms with Crippen LogP contribution in [0.5, 0.6) is 0 Å². The maximum atomic E-state index is 6.25. The standard InChI is InChI=1S/C14H17ClN2/c1-16-8-9-4-2-7-12-13(9)10-5-3-6-11(15)14(10)17-12/h3,5-6,9,16-17H,2,4,7-8H2,1H3. The Morgan fingerprint density at radius 3 is 3.18 bits per heavy atom. The number of nitrogens with one attached hydrogen (secondary N) is 2. The summed E-state index contributed by atoms with van der Waals surface area (Å²) in [6, 6.07) is 6.19. The summed E-state index contributed by atoms with van der Waals surface area (Å²) in [5.74, 6) is 0.621. The molecule has 1 atom stereocenters. The van der Waals surface area contributed by atoms with Crippen molar-refractivity contribution in [2.75, 3.05) is 13.6 Å². The molecule has 3 heteroatoms. The summed E-state index contributed by atoms with van der Waals surface area (Å²) in [4.78, 5) is 3.51. The molecule has 1 aromatic heterocycles. The number of rotatable bonds is 2. The van der Waals surface area contributed by atoms with Crippen molar-refractivity contribution >= 4 is 22.5 Å². The van der Waals surface area contributed by atoms with Crippen LogP contribution >= 0.6 is 11.6 Å². The molecule has 0 fully saturated rings. The van der Waals surface area contributed by atoms with E-state index in [-0.39, 0.29) is 0 Å². The summed E-state index contributed by atoms with van der Waals surface area (Å²) >= 11 is 6.25. The Hall–Kier alpha value is -0.990. The van der Waals surface area contributed by atoms with Crippen molar-refractivity contribution < 1.29 is 0 Å². The third kappa shape index (κ3) is 1.76. The van der Waals surface area contributed by atoms with Crippen molar-refractivity contribution in [2.24, 2.45) is 0 Å². The molecule has 3 rings (SSSR count). The average molecular weight is 249 g/mol. The minimum Gasteiger partial charge on any atom is -0.357 e. The summed E-state index contributed by atoms with van der Waals surface area (Å²) in [5, 5.41) is 5.45. The largest absolute Gasteiger partial charge is 0.357 e. The highest BCUT2D eigenvalue weighted by atomic mass is 35.5. The van der Waals surface area contributed by atoms with Gasteiger partial charge in [0.25, 0.3) is 0 Å². The normalized spacial score (nSPS) is 19.5. The van der Waals surface area contributed by atoms with Gasteiger partial charge in [0, 0.05) is 17.6 Å². The second kappa shape index (κ2) is 4.35. The zero-order valence-electron chi connectivity index (χ0n) is 10.0. The number of para-hydroxylation sites is 1. The van der Waals surface area contributed by atoms with E-state index in [4.69, 9.17) is 11.6 Å². The monoisotopic (exact) mass is 248 g/mol. The van der Waals surface area contributed by atoms with Gasteiger partial charge in [-0.15, -0.1) is 0 Å². The first-order valence-corrected chi connectivity index (χ1v) is 6.62. The predicted octanol–water partition coefficient (Wildman–Crippen LogP) is 3.46. The van der Waals surface area contributed by atoms with Crippen LogP contribution in [0.1, 0.15) is 30.0 Å². The third-order valence-electron chi connectivity index (χ3n) is 3.74. The van der Waals surface area contributed by atoms with E-state index in [0.717, 1.165) is 23.5 Å². The number of aromatic amines is 1. The van der Waals surface area contributed by atoms with Gasteiger partial charge < -0.3 is 10.3 Å². The van der Waals surface area contributed by atoms with Crippen LogP contribution in [-0.4, -0.2) is 18.6 Å². The van der Waals surface area contributed by atoms with Gasteiger partial charge >= 0.3 is 0 Å². The molecule has 2 aromatic rings. The zero-order valence-corrected chi connectivity index (χ0v) is 10.8. The van der Waals surface area contributed by atoms with Crippen LogP contribution in [0.4, 0.5) is 0 Å². The molecule has 2 N–H and O–H groups in total. The van der Waals surface area contributed by atoms with Gasteiger partial charge in [0.15, 0.2) is 0 Å². The van der Waals surface area contributed by atoms with Gasteiger partial charge in [0.05, 0.1) is 10.5 Å². The van der Waals surface area contributed by atoms with Crippen molar-refractivity contribution in [3.8, 4) is 0 Å². The smallest absolute Gasteiger partial charge is 0.0648 e. The van der Waals surface area contributed by atoms with E-state index in [1.54, 1.807) is 0 Å². The quantitative estimate of drug-likeness (QED) is 0.837. The van der Waals surface area contributed by atoms with Crippen molar-refractivity contribution in [3.05, 3.63) is 34.5 Å². The first kappa shape index (κ1) is 11.1. The molecule has 0 aliphatic heterocycles. The topological polar surface area (TPSA) is 27.8 Å². The SMILES string of the molecule is CNCC1CCCc2[nH]c3c(Cl)cccc3c21. The molecule has 0 saturated heterocycles. The van der Waals surface area contributed by atoms with Crippen LogP contribution in [0.15, 0.2) is 18.2 Å². The molecule has 0 bridgehead atoms. The molecule has 2 nitrogen and oxygen atoms in total. The molecule has 1 aromatic carbocycles. The Morgan fingerprint density at radius 1 is 1.47 bits per heavy atom. The summed E-state index contributed by atoms with van der Waals surface area (Å²) in [6.45, 7) is 1.05. The number of likely N-dealkylation sites (N-methyl/N-ethyl adjacent to an activating group) is 1. The lowest BCUT2D eigenvalue weighted by atomic mass is 9.85. The van der Waals surface area contributed by atoms with E-state index in [1.807, 2.05) is 19.2 Å². The van der Waals surface area contributed by atoms with Crippen LogP contribution in [0.3, 0.4) is 0 Å². The highest BCUT2D eigenvalue weighted by molar-refractivity contribution is 6.35. The van der Waals surface area contributed by atoms with Gasteiger partial charge in [0.1, 0.15) is 0 Å². The highest BCUT2D eigenvalue weighted by Crippen LogP contribution is 2.38. The number of hydrogen-bond acceptors (Lipinski definition) is 1. The molecule has 17 heavy (non-hydrogen) atoms. The van der Waals surface area contributed by atoms with Crippen molar-refractivity contribution in [3.63, 3.8) is 0 Å². The lowest BCUT2D eigenvalue weighted by Gasteiger charge is -2.22. The van der Waals surface area contributed by atoms with E-state index in [0.29, 0.717) is 5.92 Å². The van der Waals surface area contributed by atoms with E-state index in [2.05, 4.69) is 16.4 Å². The van der Waals surface area contributed by atoms with Crippen LogP contribution in [0, 0.1) is 0 Å². The molecular weight excluding hydrogens is 232 g/mol. The second-order valence-electron chi connectivity index (χ2n) is 4.83. The Kier molecular flexibility index (Phi) is 2.85. The lowest BCUT2D eigenvalue weighted by molar-refractivity contribution is 0.529. The summed E-state index contributed by atoms with van der Waals surface area (Å²) in [5.41, 5.74) is 3.99. The number of aryl methyl sites for hydroxylation is 1. The first-order chi connectivity index (χ1) is 8.31. The fourth-order valence-corrected chi connectivity index (χ4v) is 3.26. The Labute approximate surface area is 106 Å². The van der Waals surface area contributed by atoms with Gasteiger partial charge in [-0.05, 0) is 43.9 Å². The molecule has 1 aliphatic carbocycles. The number of H-pyrrole nitrogens is 1. The first-order valence-electron chi connectivity index (χ1n) is 6.25. The molecule has 0 radical (unpaired) electrons. The number of benzene rings is 1. The van der Waals surface area contributed by atoms with Gasteiger partial charge in [0.2, 0.25) is 0 Å². The minimum absolute atomic E-state index is 0.621. The molecule has 1 aliphatic rings. The summed E-state index contributed by atoms with van der Waals surface area (Å²) < 4.78 is 0. The molecule has 0 saturated carbocycles. The highest BCUT2D eigenvalue weighted by Gasteiger charge is 2.24. The maximum absolute atomic E-state index is 6.25. The Bertz CT molecular complexity index is 544. The third-order valence-corrected chi connectivity index (χ3v) is 4.06. The van der Waals surface area contributed by atoms with E-state index in [9.17, 15) is 0 Å². The molecule has 0 spiro atoms. The average Bonchev–Trinajstić information content (AvgIpc) is 2.71. The second-order valence-corrected chi connectivity index (χ2v) is 5.23. The van der Waals surface area contributed by atoms with Gasteiger partial charge in [-0.1, -0.05) is 23.7 Å². The zero-order chi connectivity index (χ0) is 11.8. The van der Waals surface area contributed by atoms with Crippen molar-refractivity contribution in [1.29, 1.82) is 0 Å². The van der Waals surface area contributed by atoms with E-state index < -0.39 is 0 Å². The molecule has 90 valence electrons. The van der Waals surface area contributed by atoms with Gasteiger partial charge in [-0.3, -0.25) is 0 Å². The summed E-state index contributed by atoms with van der Waals surface area (Å²) in [7, 11) is 2.02. The minimum atomic E-state index is 0.621. The predicted molar refractivity (Wildman–Crippen MR) is 72.9 cm³/mol. The van der Waals surface area contributed by atoms with Gasteiger partial charge in [-0.25, -0.2) is 0 Å². The Balaban J connectivity index is 2.20. The molecule has 1 unspecified atom stereocenters. The number of fused-ring (bicyclic) bond motifs is 3. The number of aromatic nitrogens is 1. The van der Waals surface area contributed by atoms with E-state index in [1.165, 1.54) is 29.5 Å². The van der Waals surface area contributed by atoms with Gasteiger partial charge in [-0.2, -0.15) is 0 Å². The fourth-order valence-electron chi connectivity index (χ4n) is 3.04. The molecule has 1 heterocycles. The van der Waals surface area contributed by atoms with Crippen LogP contribution in [-0.2, 0) is 6.42 Å². The van der Waals surface area contributed by atoms with Crippen molar-refractivity contribution in [1.82, 2.24) is 10.3 Å². The van der Waals surface area contributed by atoms with Crippen LogP contribution in [0.2, 0.25) is 5.02 Å². The maximum Gasteiger partial charge on any atom is 0.0648 e. The number of hydrogen-bond donors (Lipinski definition) is 2. The van der Waals surface area contributed by atoms with Crippen molar-refractivity contribution in [2.45, 2.75) is 25.2 Å². The summed E-state index contributed by atoms with van der Waals surface area (Å²) in [6.07, 6.45) is 3.69. The van der Waals surface area contributed by atoms with Crippen LogP contribution in [0.25, 0.3) is 10.9 Å². The fraction of sp³-hybridized carbons (Fsp3) is 0.429. The lowest BCUT2D eigenvalue weighted by Crippen LogP contribution is -2.20. The van der Waals surface area contributed by atoms with Crippen LogP contribution < -0.4 is 5.32 Å². The Morgan fingerprint density at radius 2 is 2.35 bits per heavy atom. The number of halogens is 1. The van der Waals surface area contributed by atoms with E-state index >= 15 is 0 Å². The molecule has 0 amide bonds.